The average molecular weight is 293 g/mol. The number of aromatic nitrogens is 1. The normalized spacial score (nSPS) is 13.6. The summed E-state index contributed by atoms with van der Waals surface area (Å²) in [5, 5.41) is 31.5. The van der Waals surface area contributed by atoms with Crippen LogP contribution in [0.2, 0.25) is 0 Å². The Kier molecular flexibility index (Phi) is 4.78. The fraction of sp³-hybridized carbons (Fsp3) is 0.231. The number of oxime groups is 1. The third-order valence-electron chi connectivity index (χ3n) is 2.70. The molecule has 0 spiro atoms. The smallest absolute Gasteiger partial charge is 0.172 e. The van der Waals surface area contributed by atoms with E-state index in [1.807, 2.05) is 24.3 Å². The summed E-state index contributed by atoms with van der Waals surface area (Å²) in [5.41, 5.74) is 6.94. The summed E-state index contributed by atoms with van der Waals surface area (Å²) in [7, 11) is 0. The maximum atomic E-state index is 9.41. The predicted octanol–water partition coefficient (Wildman–Crippen LogP) is 0.775. The van der Waals surface area contributed by atoms with Crippen molar-refractivity contribution in [2.75, 3.05) is 12.4 Å². The minimum Gasteiger partial charge on any atom is -0.409 e. The number of hydrogen-bond acceptors (Lipinski definition) is 6. The lowest BCUT2D eigenvalue weighted by Gasteiger charge is -2.11. The molecule has 2 aromatic rings. The van der Waals surface area contributed by atoms with Crippen LogP contribution in [-0.2, 0) is 0 Å². The van der Waals surface area contributed by atoms with Gasteiger partial charge in [-0.3, -0.25) is 0 Å². The number of hydrogen-bond donors (Lipinski definition) is 4. The Hall–Kier alpha value is -1.83. The molecule has 1 aromatic carbocycles. The van der Waals surface area contributed by atoms with E-state index in [1.165, 1.54) is 11.8 Å². The largest absolute Gasteiger partial charge is 0.409 e. The fourth-order valence-electron chi connectivity index (χ4n) is 1.67. The van der Waals surface area contributed by atoms with E-state index in [0.29, 0.717) is 10.6 Å². The minimum atomic E-state index is -0.839. The number of benzene rings is 1. The van der Waals surface area contributed by atoms with E-state index in [0.717, 1.165) is 10.9 Å². The molecule has 1 heterocycles. The van der Waals surface area contributed by atoms with Gasteiger partial charge in [-0.15, -0.1) is 11.8 Å². The van der Waals surface area contributed by atoms with Crippen LogP contribution in [0.4, 0.5) is 0 Å². The molecule has 0 fully saturated rings. The van der Waals surface area contributed by atoms with Crippen molar-refractivity contribution in [1.29, 1.82) is 0 Å². The second kappa shape index (κ2) is 6.56. The number of aliphatic hydroxyl groups is 2. The zero-order valence-electron chi connectivity index (χ0n) is 10.6. The van der Waals surface area contributed by atoms with Crippen LogP contribution in [-0.4, -0.2) is 44.7 Å². The Bertz CT molecular complexity index is 633. The number of aliphatic hydroxyl groups excluding tert-OH is 2. The maximum Gasteiger partial charge on any atom is 0.172 e. The molecule has 0 aliphatic heterocycles. The molecule has 0 radical (unpaired) electrons. The molecule has 20 heavy (non-hydrogen) atoms. The van der Waals surface area contributed by atoms with Gasteiger partial charge in [-0.2, -0.15) is 0 Å². The molecule has 2 rings (SSSR count). The van der Waals surface area contributed by atoms with Crippen molar-refractivity contribution in [3.05, 3.63) is 35.9 Å². The van der Waals surface area contributed by atoms with Crippen molar-refractivity contribution in [3.63, 3.8) is 0 Å². The number of nitrogens with zero attached hydrogens (tertiary/aromatic N) is 2. The van der Waals surface area contributed by atoms with Crippen molar-refractivity contribution in [3.8, 4) is 0 Å². The maximum absolute atomic E-state index is 9.41. The van der Waals surface area contributed by atoms with Crippen LogP contribution in [0.25, 0.3) is 10.9 Å². The van der Waals surface area contributed by atoms with Crippen LogP contribution in [0.5, 0.6) is 0 Å². The van der Waals surface area contributed by atoms with Crippen molar-refractivity contribution in [1.82, 2.24) is 4.98 Å². The van der Waals surface area contributed by atoms with Crippen LogP contribution < -0.4 is 5.73 Å². The number of fused-ring (bicyclic) bond motifs is 1. The van der Waals surface area contributed by atoms with E-state index in [4.69, 9.17) is 16.0 Å². The van der Waals surface area contributed by atoms with Crippen LogP contribution in [0.1, 0.15) is 5.56 Å². The molecule has 7 heteroatoms. The molecule has 0 saturated heterocycles. The van der Waals surface area contributed by atoms with Crippen molar-refractivity contribution >= 4 is 28.5 Å². The second-order valence-corrected chi connectivity index (χ2v) is 5.18. The molecule has 1 unspecified atom stereocenters. The standard InChI is InChI=1S/C13H15N3O3S/c14-12(16-19)10-5-8-3-1-2-4-11(8)15-13(10)20-7-9(18)6-17/h1-5,9,17-19H,6-7H2,(H2,14,16). The van der Waals surface area contributed by atoms with Gasteiger partial charge in [0.25, 0.3) is 0 Å². The molecule has 0 bridgehead atoms. The lowest BCUT2D eigenvalue weighted by molar-refractivity contribution is 0.113. The lowest BCUT2D eigenvalue weighted by Crippen LogP contribution is -2.17. The summed E-state index contributed by atoms with van der Waals surface area (Å²) >= 11 is 1.25. The number of amidine groups is 1. The van der Waals surface area contributed by atoms with E-state index >= 15 is 0 Å². The van der Waals surface area contributed by atoms with Crippen LogP contribution in [0.15, 0.2) is 40.5 Å². The van der Waals surface area contributed by atoms with Crippen molar-refractivity contribution in [2.24, 2.45) is 10.9 Å². The van der Waals surface area contributed by atoms with E-state index in [9.17, 15) is 5.11 Å². The van der Waals surface area contributed by atoms with E-state index in [-0.39, 0.29) is 18.2 Å². The van der Waals surface area contributed by atoms with Gasteiger partial charge in [0.1, 0.15) is 5.03 Å². The molecule has 5 N–H and O–H groups in total. The number of pyridine rings is 1. The molecule has 6 nitrogen and oxygen atoms in total. The molecule has 1 atom stereocenters. The van der Waals surface area contributed by atoms with Crippen LogP contribution in [0.3, 0.4) is 0 Å². The van der Waals surface area contributed by atoms with E-state index in [2.05, 4.69) is 10.1 Å². The molecular formula is C13H15N3O3S. The minimum absolute atomic E-state index is 0.0377. The quantitative estimate of drug-likeness (QED) is 0.213. The van der Waals surface area contributed by atoms with Gasteiger partial charge < -0.3 is 21.2 Å². The van der Waals surface area contributed by atoms with Crippen molar-refractivity contribution in [2.45, 2.75) is 11.1 Å². The molecule has 106 valence electrons. The average Bonchev–Trinajstić information content (AvgIpc) is 2.50. The highest BCUT2D eigenvalue weighted by atomic mass is 32.2. The van der Waals surface area contributed by atoms with Crippen LogP contribution in [0, 0.1) is 0 Å². The van der Waals surface area contributed by atoms with E-state index in [1.54, 1.807) is 6.07 Å². The predicted molar refractivity (Wildman–Crippen MR) is 78.1 cm³/mol. The monoisotopic (exact) mass is 293 g/mol. The Morgan fingerprint density at radius 2 is 2.15 bits per heavy atom. The Balaban J connectivity index is 2.43. The third-order valence-corrected chi connectivity index (χ3v) is 3.83. The molecular weight excluding hydrogens is 278 g/mol. The lowest BCUT2D eigenvalue weighted by atomic mass is 10.1. The number of thioether (sulfide) groups is 1. The molecule has 1 aromatic heterocycles. The van der Waals surface area contributed by atoms with E-state index < -0.39 is 6.10 Å². The first-order valence-corrected chi connectivity index (χ1v) is 6.93. The highest BCUT2D eigenvalue weighted by molar-refractivity contribution is 7.99. The summed E-state index contributed by atoms with van der Waals surface area (Å²) in [6, 6.07) is 9.27. The number of nitrogens with two attached hydrogens (primary N) is 1. The van der Waals surface area contributed by atoms with Gasteiger partial charge in [-0.25, -0.2) is 4.98 Å². The van der Waals surface area contributed by atoms with Crippen molar-refractivity contribution < 1.29 is 15.4 Å². The van der Waals surface area contributed by atoms with Gasteiger partial charge >= 0.3 is 0 Å². The Morgan fingerprint density at radius 3 is 2.85 bits per heavy atom. The van der Waals surface area contributed by atoms with Gasteiger partial charge in [0.15, 0.2) is 5.84 Å². The molecule has 0 saturated carbocycles. The topological polar surface area (TPSA) is 112 Å². The molecule has 0 aliphatic rings. The zero-order valence-corrected chi connectivity index (χ0v) is 11.4. The zero-order chi connectivity index (χ0) is 14.5. The summed E-state index contributed by atoms with van der Waals surface area (Å²) < 4.78 is 0. The van der Waals surface area contributed by atoms with Gasteiger partial charge in [-0.05, 0) is 12.1 Å². The SMILES string of the molecule is NC(=NO)c1cc2ccccc2nc1SCC(O)CO. The first kappa shape index (κ1) is 14.6. The first-order chi connectivity index (χ1) is 9.65. The summed E-state index contributed by atoms with van der Waals surface area (Å²) in [6.45, 7) is -0.320. The van der Waals surface area contributed by atoms with Crippen LogP contribution >= 0.6 is 11.8 Å². The molecule has 0 amide bonds. The highest BCUT2D eigenvalue weighted by Crippen LogP contribution is 2.25. The fourth-order valence-corrected chi connectivity index (χ4v) is 2.61. The third kappa shape index (κ3) is 3.19. The summed E-state index contributed by atoms with van der Waals surface area (Å²) in [6.07, 6.45) is -0.839. The Labute approximate surface area is 119 Å². The van der Waals surface area contributed by atoms with Gasteiger partial charge in [0, 0.05) is 11.1 Å². The van der Waals surface area contributed by atoms with Gasteiger partial charge in [-0.1, -0.05) is 23.4 Å². The first-order valence-electron chi connectivity index (χ1n) is 5.95. The highest BCUT2D eigenvalue weighted by Gasteiger charge is 2.13. The number of rotatable bonds is 5. The second-order valence-electron chi connectivity index (χ2n) is 4.17. The Morgan fingerprint density at radius 1 is 1.40 bits per heavy atom. The summed E-state index contributed by atoms with van der Waals surface area (Å²) in [4.78, 5) is 4.45. The molecule has 0 aliphatic carbocycles. The summed E-state index contributed by atoms with van der Waals surface area (Å²) in [5.74, 6) is 0.234. The van der Waals surface area contributed by atoms with Gasteiger partial charge in [0.05, 0.1) is 23.8 Å². The number of para-hydroxylation sites is 1. The van der Waals surface area contributed by atoms with Gasteiger partial charge in [0.2, 0.25) is 0 Å².